The van der Waals surface area contributed by atoms with E-state index >= 15 is 0 Å². The molecule has 2 saturated heterocycles. The molecule has 5 nitrogen and oxygen atoms in total. The Morgan fingerprint density at radius 1 is 0.694 bits per heavy atom. The zero-order valence-electron chi connectivity index (χ0n) is 20.0. The number of rotatable bonds is 4. The summed E-state index contributed by atoms with van der Waals surface area (Å²) < 4.78 is 28.6. The van der Waals surface area contributed by atoms with Crippen LogP contribution in [0.25, 0.3) is 0 Å². The first-order valence-corrected chi connectivity index (χ1v) is 12.4. The van der Waals surface area contributed by atoms with E-state index in [9.17, 15) is 18.4 Å². The largest absolute Gasteiger partial charge is 0.366 e. The molecule has 7 heteroatoms. The SMILES string of the molecule is O=C(c1ccccc1F)N1C[C@H](C(=O)N2CCN(c3ccccc3F)CC2)C[C@H](c2ccccc2)C1. The smallest absolute Gasteiger partial charge is 0.256 e. The zero-order valence-corrected chi connectivity index (χ0v) is 20.0. The summed E-state index contributed by atoms with van der Waals surface area (Å²) in [7, 11) is 0. The Kier molecular flexibility index (Phi) is 6.98. The molecule has 2 heterocycles. The minimum absolute atomic E-state index is 0.00449. The molecule has 2 aliphatic heterocycles. The van der Waals surface area contributed by atoms with E-state index in [0.29, 0.717) is 44.8 Å². The highest BCUT2D eigenvalue weighted by atomic mass is 19.1. The van der Waals surface area contributed by atoms with E-state index in [1.165, 1.54) is 18.2 Å². The molecule has 0 aromatic heterocycles. The molecular formula is C29H29F2N3O2. The van der Waals surface area contributed by atoms with Crippen molar-refractivity contribution in [3.63, 3.8) is 0 Å². The van der Waals surface area contributed by atoms with Crippen molar-refractivity contribution in [2.24, 2.45) is 5.92 Å². The number of para-hydroxylation sites is 1. The van der Waals surface area contributed by atoms with Gasteiger partial charge in [-0.05, 0) is 36.2 Å². The summed E-state index contributed by atoms with van der Waals surface area (Å²) >= 11 is 0. The second-order valence-corrected chi connectivity index (χ2v) is 9.49. The van der Waals surface area contributed by atoms with E-state index < -0.39 is 11.7 Å². The Hall–Kier alpha value is -3.74. The van der Waals surface area contributed by atoms with Crippen molar-refractivity contribution in [3.8, 4) is 0 Å². The summed E-state index contributed by atoms with van der Waals surface area (Å²) in [5.41, 5.74) is 1.63. The molecule has 2 atom stereocenters. The Bertz CT molecular complexity index is 1230. The summed E-state index contributed by atoms with van der Waals surface area (Å²) in [5.74, 6) is -1.64. The predicted octanol–water partition coefficient (Wildman–Crippen LogP) is 4.56. The van der Waals surface area contributed by atoms with Crippen molar-refractivity contribution in [1.82, 2.24) is 9.80 Å². The average Bonchev–Trinajstić information content (AvgIpc) is 2.93. The van der Waals surface area contributed by atoms with E-state index in [0.717, 1.165) is 5.56 Å². The van der Waals surface area contributed by atoms with Gasteiger partial charge in [0, 0.05) is 45.2 Å². The Morgan fingerprint density at radius 2 is 1.33 bits per heavy atom. The molecule has 5 rings (SSSR count). The molecular weight excluding hydrogens is 460 g/mol. The molecule has 0 N–H and O–H groups in total. The van der Waals surface area contributed by atoms with E-state index in [4.69, 9.17) is 0 Å². The molecule has 36 heavy (non-hydrogen) atoms. The van der Waals surface area contributed by atoms with Gasteiger partial charge in [0.05, 0.1) is 17.2 Å². The van der Waals surface area contributed by atoms with Crippen LogP contribution in [0.4, 0.5) is 14.5 Å². The lowest BCUT2D eigenvalue weighted by molar-refractivity contribution is -0.137. The van der Waals surface area contributed by atoms with Crippen molar-refractivity contribution in [2.75, 3.05) is 44.2 Å². The van der Waals surface area contributed by atoms with Gasteiger partial charge in [-0.25, -0.2) is 8.78 Å². The van der Waals surface area contributed by atoms with E-state index in [2.05, 4.69) is 0 Å². The van der Waals surface area contributed by atoms with Crippen LogP contribution in [0, 0.1) is 17.6 Å². The Morgan fingerprint density at radius 3 is 2.03 bits per heavy atom. The lowest BCUT2D eigenvalue weighted by Gasteiger charge is -2.42. The fourth-order valence-corrected chi connectivity index (χ4v) is 5.35. The number of carbonyl (C=O) groups excluding carboxylic acids is 2. The molecule has 0 aliphatic carbocycles. The number of carbonyl (C=O) groups is 2. The quantitative estimate of drug-likeness (QED) is 0.540. The van der Waals surface area contributed by atoms with Gasteiger partial charge >= 0.3 is 0 Å². The van der Waals surface area contributed by atoms with Crippen molar-refractivity contribution < 1.29 is 18.4 Å². The van der Waals surface area contributed by atoms with Crippen LogP contribution in [0.15, 0.2) is 78.9 Å². The van der Waals surface area contributed by atoms with Crippen LogP contribution in [0.1, 0.15) is 28.3 Å². The summed E-state index contributed by atoms with van der Waals surface area (Å²) in [5, 5.41) is 0. The third kappa shape index (κ3) is 4.96. The molecule has 0 bridgehead atoms. The number of nitrogens with zero attached hydrogens (tertiary/aromatic N) is 3. The highest BCUT2D eigenvalue weighted by Crippen LogP contribution is 2.33. The number of hydrogen-bond acceptors (Lipinski definition) is 3. The lowest BCUT2D eigenvalue weighted by Crippen LogP contribution is -2.54. The molecule has 2 amide bonds. The maximum Gasteiger partial charge on any atom is 0.256 e. The number of anilines is 1. The first-order chi connectivity index (χ1) is 17.5. The minimum Gasteiger partial charge on any atom is -0.366 e. The standard InChI is InChI=1S/C29H29F2N3O2/c30-25-11-5-4-10-24(25)29(36)34-19-22(21-8-2-1-3-9-21)18-23(20-34)28(35)33-16-14-32(15-17-33)27-13-7-6-12-26(27)31/h1-13,22-23H,14-20H2/t22-,23+/m0/s1. The number of halogens is 2. The van der Waals surface area contributed by atoms with Crippen LogP contribution in [0.5, 0.6) is 0 Å². The second-order valence-electron chi connectivity index (χ2n) is 9.49. The van der Waals surface area contributed by atoms with Crippen LogP contribution in [-0.4, -0.2) is 60.9 Å². The lowest BCUT2D eigenvalue weighted by atomic mass is 9.83. The van der Waals surface area contributed by atoms with Crippen molar-refractivity contribution in [1.29, 1.82) is 0 Å². The van der Waals surface area contributed by atoms with E-state index in [1.807, 2.05) is 46.2 Å². The molecule has 3 aromatic rings. The summed E-state index contributed by atoms with van der Waals surface area (Å²) in [6.45, 7) is 2.74. The summed E-state index contributed by atoms with van der Waals surface area (Å²) in [4.78, 5) is 32.3. The van der Waals surface area contributed by atoms with Gasteiger partial charge in [0.2, 0.25) is 5.91 Å². The van der Waals surface area contributed by atoms with Crippen molar-refractivity contribution in [3.05, 3.63) is 102 Å². The van der Waals surface area contributed by atoms with Gasteiger partial charge < -0.3 is 14.7 Å². The van der Waals surface area contributed by atoms with Gasteiger partial charge in [0.25, 0.3) is 5.91 Å². The Labute approximate surface area is 209 Å². The highest BCUT2D eigenvalue weighted by molar-refractivity contribution is 5.95. The molecule has 186 valence electrons. The monoisotopic (exact) mass is 489 g/mol. The topological polar surface area (TPSA) is 43.9 Å². The fourth-order valence-electron chi connectivity index (χ4n) is 5.35. The van der Waals surface area contributed by atoms with Crippen LogP contribution >= 0.6 is 0 Å². The summed E-state index contributed by atoms with van der Waals surface area (Å²) in [6, 6.07) is 22.5. The highest BCUT2D eigenvalue weighted by Gasteiger charge is 2.38. The maximum absolute atomic E-state index is 14.4. The van der Waals surface area contributed by atoms with E-state index in [1.54, 1.807) is 29.2 Å². The first-order valence-electron chi connectivity index (χ1n) is 12.4. The van der Waals surface area contributed by atoms with Crippen molar-refractivity contribution >= 4 is 17.5 Å². The number of piperidine rings is 1. The number of likely N-dealkylation sites (tertiary alicyclic amines) is 1. The molecule has 3 aromatic carbocycles. The number of amides is 2. The van der Waals surface area contributed by atoms with Gasteiger partial charge in [-0.15, -0.1) is 0 Å². The normalized spacial score (nSPS) is 20.3. The number of piperazine rings is 1. The number of benzene rings is 3. The second kappa shape index (κ2) is 10.5. The van der Waals surface area contributed by atoms with E-state index in [-0.39, 0.29) is 35.7 Å². The van der Waals surface area contributed by atoms with Crippen molar-refractivity contribution in [2.45, 2.75) is 12.3 Å². The average molecular weight is 490 g/mol. The van der Waals surface area contributed by atoms with Crippen LogP contribution in [0.2, 0.25) is 0 Å². The van der Waals surface area contributed by atoms with Gasteiger partial charge in [-0.1, -0.05) is 54.6 Å². The number of hydrogen-bond donors (Lipinski definition) is 0. The molecule has 0 unspecified atom stereocenters. The summed E-state index contributed by atoms with van der Waals surface area (Å²) in [6.07, 6.45) is 0.622. The third-order valence-corrected chi connectivity index (χ3v) is 7.25. The van der Waals surface area contributed by atoms with Gasteiger partial charge in [-0.2, -0.15) is 0 Å². The van der Waals surface area contributed by atoms with Gasteiger partial charge in [0.1, 0.15) is 11.6 Å². The van der Waals surface area contributed by atoms with Crippen LogP contribution in [-0.2, 0) is 4.79 Å². The minimum atomic E-state index is -0.559. The predicted molar refractivity (Wildman–Crippen MR) is 135 cm³/mol. The maximum atomic E-state index is 14.4. The third-order valence-electron chi connectivity index (χ3n) is 7.25. The first kappa shape index (κ1) is 24.0. The molecule has 0 saturated carbocycles. The molecule has 2 fully saturated rings. The van der Waals surface area contributed by atoms with Gasteiger partial charge in [-0.3, -0.25) is 9.59 Å². The zero-order chi connectivity index (χ0) is 25.1. The molecule has 2 aliphatic rings. The molecule has 0 spiro atoms. The van der Waals surface area contributed by atoms with Crippen LogP contribution in [0.3, 0.4) is 0 Å². The van der Waals surface area contributed by atoms with Crippen LogP contribution < -0.4 is 4.90 Å². The van der Waals surface area contributed by atoms with Gasteiger partial charge in [0.15, 0.2) is 0 Å². The Balaban J connectivity index is 1.33. The molecule has 0 radical (unpaired) electrons. The fraction of sp³-hybridized carbons (Fsp3) is 0.310.